The predicted molar refractivity (Wildman–Crippen MR) is 67.9 cm³/mol. The molecule has 0 aromatic carbocycles. The van der Waals surface area contributed by atoms with Crippen LogP contribution >= 0.6 is 0 Å². The molecule has 0 aliphatic carbocycles. The minimum atomic E-state index is -0.218. The summed E-state index contributed by atoms with van der Waals surface area (Å²) >= 11 is 0. The van der Waals surface area contributed by atoms with Gasteiger partial charge in [-0.3, -0.25) is 9.48 Å². The molecule has 0 aliphatic heterocycles. The van der Waals surface area contributed by atoms with Gasteiger partial charge in [0.25, 0.3) is 5.91 Å². The van der Waals surface area contributed by atoms with Crippen molar-refractivity contribution >= 4 is 11.7 Å². The molecular formula is C12H15N5O. The van der Waals surface area contributed by atoms with Gasteiger partial charge in [-0.25, -0.2) is 4.98 Å². The zero-order valence-corrected chi connectivity index (χ0v) is 10.1. The molecule has 2 aromatic rings. The summed E-state index contributed by atoms with van der Waals surface area (Å²) < 4.78 is 1.78. The molecule has 0 aliphatic rings. The number of nitrogens with one attached hydrogen (secondary N) is 1. The zero-order chi connectivity index (χ0) is 13.0. The molecule has 0 spiro atoms. The highest BCUT2D eigenvalue weighted by Crippen LogP contribution is 2.01. The van der Waals surface area contributed by atoms with Gasteiger partial charge in [-0.2, -0.15) is 5.10 Å². The first-order chi connectivity index (χ1) is 8.66. The number of hydrogen-bond acceptors (Lipinski definition) is 4. The molecule has 0 atom stereocenters. The van der Waals surface area contributed by atoms with E-state index in [-0.39, 0.29) is 5.91 Å². The Morgan fingerprint density at radius 1 is 1.44 bits per heavy atom. The van der Waals surface area contributed by atoms with E-state index < -0.39 is 0 Å². The number of hydrogen-bond donors (Lipinski definition) is 2. The topological polar surface area (TPSA) is 85.8 Å². The second-order valence-electron chi connectivity index (χ2n) is 3.90. The van der Waals surface area contributed by atoms with Gasteiger partial charge in [0, 0.05) is 31.9 Å². The van der Waals surface area contributed by atoms with E-state index >= 15 is 0 Å². The summed E-state index contributed by atoms with van der Waals surface area (Å²) in [4.78, 5) is 15.7. The number of carbonyl (C=O) groups is 1. The maximum absolute atomic E-state index is 11.8. The molecule has 2 rings (SSSR count). The Bertz CT molecular complexity index is 549. The van der Waals surface area contributed by atoms with Crippen LogP contribution in [0.25, 0.3) is 0 Å². The Hall–Kier alpha value is -2.37. The van der Waals surface area contributed by atoms with E-state index in [1.54, 1.807) is 29.1 Å². The van der Waals surface area contributed by atoms with Gasteiger partial charge < -0.3 is 11.1 Å². The summed E-state index contributed by atoms with van der Waals surface area (Å²) in [7, 11) is 1.87. The second kappa shape index (κ2) is 5.31. The normalized spacial score (nSPS) is 10.3. The Balaban J connectivity index is 1.87. The number of amides is 1. The van der Waals surface area contributed by atoms with Gasteiger partial charge in [0.2, 0.25) is 0 Å². The van der Waals surface area contributed by atoms with Crippen molar-refractivity contribution in [3.05, 3.63) is 41.9 Å². The first-order valence-corrected chi connectivity index (χ1v) is 5.64. The van der Waals surface area contributed by atoms with Crippen LogP contribution in [0.3, 0.4) is 0 Å². The van der Waals surface area contributed by atoms with Gasteiger partial charge in [-0.05, 0) is 18.2 Å². The molecule has 0 radical (unpaired) electrons. The Labute approximate surface area is 105 Å². The summed E-state index contributed by atoms with van der Waals surface area (Å²) in [6, 6.07) is 6.91. The van der Waals surface area contributed by atoms with Crippen molar-refractivity contribution in [1.82, 2.24) is 20.1 Å². The third kappa shape index (κ3) is 2.85. The largest absolute Gasteiger partial charge is 0.384 e. The van der Waals surface area contributed by atoms with Crippen molar-refractivity contribution in [2.24, 2.45) is 7.05 Å². The number of carbonyl (C=O) groups excluding carboxylic acids is 1. The molecule has 2 heterocycles. The molecule has 94 valence electrons. The van der Waals surface area contributed by atoms with Crippen LogP contribution in [-0.4, -0.2) is 27.2 Å². The Morgan fingerprint density at radius 2 is 2.28 bits per heavy atom. The lowest BCUT2D eigenvalue weighted by molar-refractivity contribution is 0.0949. The molecule has 6 heteroatoms. The molecule has 1 amide bonds. The monoisotopic (exact) mass is 245 g/mol. The molecule has 0 bridgehead atoms. The van der Waals surface area contributed by atoms with Crippen LogP contribution in [0.15, 0.2) is 30.5 Å². The minimum absolute atomic E-state index is 0.218. The van der Waals surface area contributed by atoms with Gasteiger partial charge in [0.05, 0.1) is 0 Å². The molecule has 0 unspecified atom stereocenters. The second-order valence-corrected chi connectivity index (χ2v) is 3.90. The van der Waals surface area contributed by atoms with E-state index in [9.17, 15) is 4.79 Å². The molecular weight excluding hydrogens is 230 g/mol. The number of nitrogens with zero attached hydrogens (tertiary/aromatic N) is 3. The first-order valence-electron chi connectivity index (χ1n) is 5.64. The van der Waals surface area contributed by atoms with Crippen LogP contribution in [0.1, 0.15) is 16.2 Å². The molecule has 0 saturated heterocycles. The first kappa shape index (κ1) is 12.1. The van der Waals surface area contributed by atoms with E-state index in [0.29, 0.717) is 18.1 Å². The fraction of sp³-hybridized carbons (Fsp3) is 0.250. The molecule has 18 heavy (non-hydrogen) atoms. The van der Waals surface area contributed by atoms with Gasteiger partial charge in [0.1, 0.15) is 11.5 Å². The third-order valence-corrected chi connectivity index (χ3v) is 2.59. The van der Waals surface area contributed by atoms with E-state index in [1.807, 2.05) is 13.1 Å². The number of pyridine rings is 1. The van der Waals surface area contributed by atoms with Gasteiger partial charge in [-0.1, -0.05) is 6.07 Å². The summed E-state index contributed by atoms with van der Waals surface area (Å²) in [5.41, 5.74) is 6.92. The summed E-state index contributed by atoms with van der Waals surface area (Å²) in [5.74, 6) is 0.124. The van der Waals surface area contributed by atoms with Crippen LogP contribution in [0.2, 0.25) is 0 Å². The lowest BCUT2D eigenvalue weighted by Gasteiger charge is -2.05. The van der Waals surface area contributed by atoms with Crippen molar-refractivity contribution < 1.29 is 4.79 Å². The van der Waals surface area contributed by atoms with Crippen LogP contribution in [0.4, 0.5) is 5.82 Å². The summed E-state index contributed by atoms with van der Waals surface area (Å²) in [5, 5.41) is 6.85. The molecule has 0 saturated carbocycles. The SMILES string of the molecule is Cn1nccc1CCNC(=O)c1cccc(N)n1. The van der Waals surface area contributed by atoms with Crippen molar-refractivity contribution in [2.45, 2.75) is 6.42 Å². The summed E-state index contributed by atoms with van der Waals surface area (Å²) in [6.07, 6.45) is 2.46. The average molecular weight is 245 g/mol. The molecule has 2 aromatic heterocycles. The van der Waals surface area contributed by atoms with Crippen LogP contribution in [0.5, 0.6) is 0 Å². The third-order valence-electron chi connectivity index (χ3n) is 2.59. The molecule has 0 fully saturated rings. The van der Waals surface area contributed by atoms with Crippen molar-refractivity contribution in [3.63, 3.8) is 0 Å². The number of aromatic nitrogens is 3. The maximum Gasteiger partial charge on any atom is 0.269 e. The number of aryl methyl sites for hydroxylation is 1. The van der Waals surface area contributed by atoms with E-state index in [1.165, 1.54) is 0 Å². The van der Waals surface area contributed by atoms with E-state index in [4.69, 9.17) is 5.73 Å². The fourth-order valence-electron chi connectivity index (χ4n) is 1.62. The van der Waals surface area contributed by atoms with Crippen molar-refractivity contribution in [2.75, 3.05) is 12.3 Å². The number of anilines is 1. The predicted octanol–water partition coefficient (Wildman–Crippen LogP) is 0.370. The number of nitrogen functional groups attached to an aromatic ring is 1. The maximum atomic E-state index is 11.8. The van der Waals surface area contributed by atoms with Crippen LogP contribution in [0, 0.1) is 0 Å². The quantitative estimate of drug-likeness (QED) is 0.814. The van der Waals surface area contributed by atoms with Gasteiger partial charge >= 0.3 is 0 Å². The molecule has 3 N–H and O–H groups in total. The standard InChI is InChI=1S/C12H15N5O/c1-17-9(6-8-15-17)5-7-14-12(18)10-3-2-4-11(13)16-10/h2-4,6,8H,5,7H2,1H3,(H2,13,16)(H,14,18). The minimum Gasteiger partial charge on any atom is -0.384 e. The highest BCUT2D eigenvalue weighted by Gasteiger charge is 2.07. The smallest absolute Gasteiger partial charge is 0.269 e. The lowest BCUT2D eigenvalue weighted by atomic mass is 10.3. The number of nitrogens with two attached hydrogens (primary N) is 1. The Morgan fingerprint density at radius 3 is 2.94 bits per heavy atom. The fourth-order valence-corrected chi connectivity index (χ4v) is 1.62. The summed E-state index contributed by atoms with van der Waals surface area (Å²) in [6.45, 7) is 0.537. The average Bonchev–Trinajstić information content (AvgIpc) is 2.75. The van der Waals surface area contributed by atoms with Crippen LogP contribution < -0.4 is 11.1 Å². The van der Waals surface area contributed by atoms with Crippen molar-refractivity contribution in [1.29, 1.82) is 0 Å². The molecule has 6 nitrogen and oxygen atoms in total. The lowest BCUT2D eigenvalue weighted by Crippen LogP contribution is -2.27. The van der Waals surface area contributed by atoms with Gasteiger partial charge in [-0.15, -0.1) is 0 Å². The number of rotatable bonds is 4. The van der Waals surface area contributed by atoms with Gasteiger partial charge in [0.15, 0.2) is 0 Å². The van der Waals surface area contributed by atoms with E-state index in [0.717, 1.165) is 12.1 Å². The highest BCUT2D eigenvalue weighted by molar-refractivity contribution is 5.92. The zero-order valence-electron chi connectivity index (χ0n) is 10.1. The highest BCUT2D eigenvalue weighted by atomic mass is 16.1. The van der Waals surface area contributed by atoms with Crippen molar-refractivity contribution in [3.8, 4) is 0 Å². The van der Waals surface area contributed by atoms with E-state index in [2.05, 4.69) is 15.4 Å². The Kier molecular flexibility index (Phi) is 3.57. The van der Waals surface area contributed by atoms with Crippen LogP contribution in [-0.2, 0) is 13.5 Å².